The molecular formula is C42H51F2N7O9. The van der Waals surface area contributed by atoms with E-state index < -0.39 is 23.8 Å². The van der Waals surface area contributed by atoms with Crippen LogP contribution in [0.15, 0.2) is 42.6 Å². The zero-order valence-electron chi connectivity index (χ0n) is 33.8. The Kier molecular flexibility index (Phi) is 13.2. The summed E-state index contributed by atoms with van der Waals surface area (Å²) in [6.45, 7) is 3.38. The molecule has 2 saturated carbocycles. The van der Waals surface area contributed by atoms with E-state index >= 15 is 0 Å². The van der Waals surface area contributed by atoms with Crippen molar-refractivity contribution in [2.24, 2.45) is 12.5 Å². The van der Waals surface area contributed by atoms with Crippen molar-refractivity contribution in [1.29, 1.82) is 0 Å². The number of alkyl halides is 2. The van der Waals surface area contributed by atoms with Gasteiger partial charge < -0.3 is 39.0 Å². The summed E-state index contributed by atoms with van der Waals surface area (Å²) in [4.78, 5) is 63.3. The first kappa shape index (κ1) is 42.8. The predicted molar refractivity (Wildman–Crippen MR) is 215 cm³/mol. The van der Waals surface area contributed by atoms with E-state index in [9.17, 15) is 32.8 Å². The Morgan fingerprint density at radius 2 is 1.62 bits per heavy atom. The van der Waals surface area contributed by atoms with Crippen LogP contribution in [0.25, 0.3) is 21.9 Å². The van der Waals surface area contributed by atoms with Crippen molar-refractivity contribution in [1.82, 2.24) is 29.9 Å². The first-order valence-electron chi connectivity index (χ1n) is 20.3. The third-order valence-corrected chi connectivity index (χ3v) is 11.5. The zero-order valence-corrected chi connectivity index (χ0v) is 33.8. The molecule has 2 aromatic carbocycles. The van der Waals surface area contributed by atoms with Crippen LogP contribution in [0, 0.1) is 5.41 Å². The second-order valence-electron chi connectivity index (χ2n) is 15.8. The maximum Gasteiger partial charge on any atom is 0.257 e. The molecule has 322 valence electrons. The number of amides is 4. The number of imide groups is 1. The van der Waals surface area contributed by atoms with Crippen LogP contribution >= 0.6 is 0 Å². The van der Waals surface area contributed by atoms with Gasteiger partial charge in [-0.1, -0.05) is 12.1 Å². The quantitative estimate of drug-likeness (QED) is 0.0629. The van der Waals surface area contributed by atoms with Crippen molar-refractivity contribution in [3.05, 3.63) is 59.3 Å². The molecule has 1 spiro atoms. The lowest BCUT2D eigenvalue weighted by Gasteiger charge is -2.57. The molecule has 4 amide bonds. The largest absolute Gasteiger partial charge is 0.382 e. The molecule has 3 fully saturated rings. The highest BCUT2D eigenvalue weighted by atomic mass is 19.3. The van der Waals surface area contributed by atoms with Gasteiger partial charge in [0.2, 0.25) is 17.7 Å². The Bertz CT molecular complexity index is 2220. The summed E-state index contributed by atoms with van der Waals surface area (Å²) in [6.07, 6.45) is 4.19. The fourth-order valence-corrected chi connectivity index (χ4v) is 8.67. The zero-order chi connectivity index (χ0) is 42.4. The van der Waals surface area contributed by atoms with Gasteiger partial charge in [-0.15, -0.1) is 0 Å². The average Bonchev–Trinajstić information content (AvgIpc) is 3.72. The van der Waals surface area contributed by atoms with E-state index in [0.717, 1.165) is 21.9 Å². The number of fused-ring (bicyclic) bond motifs is 3. The van der Waals surface area contributed by atoms with Crippen molar-refractivity contribution in [2.75, 3.05) is 78.3 Å². The minimum atomic E-state index is -2.54. The summed E-state index contributed by atoms with van der Waals surface area (Å²) in [7, 11) is 3.32. The van der Waals surface area contributed by atoms with E-state index in [0.29, 0.717) is 96.3 Å². The maximum absolute atomic E-state index is 13.6. The van der Waals surface area contributed by atoms with Gasteiger partial charge in [0.15, 0.2) is 11.9 Å². The van der Waals surface area contributed by atoms with Gasteiger partial charge in [0, 0.05) is 86.3 Å². The molecule has 1 atom stereocenters. The molecule has 0 radical (unpaired) electrons. The maximum atomic E-state index is 13.6. The lowest BCUT2D eigenvalue weighted by Crippen LogP contribution is -2.53. The topological polar surface area (TPSA) is 184 Å². The number of hydrogen-bond donors (Lipinski definition) is 3. The average molecular weight is 836 g/mol. The molecule has 7 rings (SSSR count). The lowest BCUT2D eigenvalue weighted by molar-refractivity contribution is -0.202. The monoisotopic (exact) mass is 835 g/mol. The van der Waals surface area contributed by atoms with E-state index in [1.54, 1.807) is 22.9 Å². The predicted octanol–water partition coefficient (Wildman–Crippen LogP) is 3.88. The minimum Gasteiger partial charge on any atom is -0.382 e. The van der Waals surface area contributed by atoms with E-state index in [2.05, 4.69) is 25.6 Å². The van der Waals surface area contributed by atoms with E-state index in [1.165, 1.54) is 18.0 Å². The molecule has 2 aromatic heterocycles. The van der Waals surface area contributed by atoms with Crippen LogP contribution in [0.3, 0.4) is 0 Å². The molecule has 4 aromatic rings. The van der Waals surface area contributed by atoms with Crippen molar-refractivity contribution < 1.29 is 51.7 Å². The van der Waals surface area contributed by atoms with E-state index in [-0.39, 0.29) is 60.1 Å². The Morgan fingerprint density at radius 3 is 2.27 bits per heavy atom. The second-order valence-corrected chi connectivity index (χ2v) is 15.8. The number of anilines is 1. The number of nitrogens with zero attached hydrogens (tertiary/aromatic N) is 4. The van der Waals surface area contributed by atoms with Gasteiger partial charge in [-0.05, 0) is 48.9 Å². The third-order valence-electron chi connectivity index (χ3n) is 11.5. The number of ether oxygens (including phenoxy) is 4. The molecule has 3 N–H and O–H groups in total. The number of benzene rings is 2. The number of aldehydes is 1. The van der Waals surface area contributed by atoms with Crippen LogP contribution < -0.4 is 16.0 Å². The first-order valence-corrected chi connectivity index (χ1v) is 20.3. The molecule has 16 nitrogen and oxygen atoms in total. The van der Waals surface area contributed by atoms with Crippen LogP contribution in [-0.4, -0.2) is 134 Å². The number of halogens is 2. The van der Waals surface area contributed by atoms with Gasteiger partial charge in [-0.3, -0.25) is 34.0 Å². The number of carbonyl (C=O) groups excluding carboxylic acids is 5. The number of nitrogens with one attached hydrogen (secondary N) is 3. The molecule has 18 heteroatoms. The Morgan fingerprint density at radius 1 is 0.950 bits per heavy atom. The number of carbonyl (C=O) groups is 5. The second kappa shape index (κ2) is 18.5. The van der Waals surface area contributed by atoms with Crippen molar-refractivity contribution >= 4 is 57.5 Å². The number of aryl methyl sites for hydroxylation is 1. The standard InChI is InChI=1S/C42H51F2N7O9/c1-49-23-31-30-20-27(6-7-33(30)51(37(31)48-49)29-21-41(22-29)25-42(43,44)26-41)38(54)46-11-13-58-15-17-60-19-18-59-16-14-57-12-10-45-32-5-3-4-28(24-52)36(32)40(56)50(2)34-8-9-35(53)47-39(34)55/h3-7,20,23-24,29,34,45H,8-19,21-22,25-26H2,1-2H3,(H,46,54)(H,47,53,55). The van der Waals surface area contributed by atoms with Crippen LogP contribution in [-0.2, 0) is 35.6 Å². The number of rotatable bonds is 21. The number of piperidine rings is 1. The Balaban J connectivity index is 0.730. The van der Waals surface area contributed by atoms with E-state index in [4.69, 9.17) is 18.9 Å². The molecule has 1 aliphatic heterocycles. The van der Waals surface area contributed by atoms with Crippen LogP contribution in [0.4, 0.5) is 14.5 Å². The highest BCUT2D eigenvalue weighted by molar-refractivity contribution is 6.10. The van der Waals surface area contributed by atoms with Crippen LogP contribution in [0.2, 0.25) is 0 Å². The molecule has 1 saturated heterocycles. The molecule has 3 aliphatic rings. The van der Waals surface area contributed by atoms with Gasteiger partial charge >= 0.3 is 0 Å². The summed E-state index contributed by atoms with van der Waals surface area (Å²) in [5.41, 5.74) is 2.75. The Hall–Kier alpha value is -5.30. The van der Waals surface area contributed by atoms with Gasteiger partial charge in [0.1, 0.15) is 6.04 Å². The minimum absolute atomic E-state index is 0.0348. The van der Waals surface area contributed by atoms with Crippen LogP contribution in [0.1, 0.15) is 75.6 Å². The number of likely N-dealkylation sites (N-methyl/N-ethyl adjacent to an activating group) is 1. The summed E-state index contributed by atoms with van der Waals surface area (Å²) in [5.74, 6) is -4.21. The Labute approximate surface area is 345 Å². The highest BCUT2D eigenvalue weighted by Crippen LogP contribution is 2.66. The molecule has 3 heterocycles. The van der Waals surface area contributed by atoms with Crippen molar-refractivity contribution in [3.8, 4) is 0 Å². The number of aromatic nitrogens is 3. The SMILES string of the molecule is CN(C(=O)c1c(C=O)cccc1NCCOCCOCCOCCOCCNC(=O)c1ccc2c(c1)c1cn(C)nc1n2C1CC2(C1)CC(F)(F)C2)C1CCC(=O)NC1=O. The third kappa shape index (κ3) is 9.51. The van der Waals surface area contributed by atoms with E-state index in [1.807, 2.05) is 25.4 Å². The smallest absolute Gasteiger partial charge is 0.257 e. The molecule has 1 unspecified atom stereocenters. The molecule has 2 aliphatic carbocycles. The summed E-state index contributed by atoms with van der Waals surface area (Å²) >= 11 is 0. The molecule has 0 bridgehead atoms. The van der Waals surface area contributed by atoms with Crippen molar-refractivity contribution in [3.63, 3.8) is 0 Å². The highest BCUT2D eigenvalue weighted by Gasteiger charge is 2.62. The molecular weight excluding hydrogens is 784 g/mol. The van der Waals surface area contributed by atoms with Gasteiger partial charge in [0.25, 0.3) is 11.8 Å². The summed E-state index contributed by atoms with van der Waals surface area (Å²) < 4.78 is 53.5. The fraction of sp³-hybridized carbons (Fsp3) is 0.524. The molecule has 60 heavy (non-hydrogen) atoms. The van der Waals surface area contributed by atoms with Crippen molar-refractivity contribution in [2.45, 2.75) is 56.5 Å². The first-order chi connectivity index (χ1) is 28.9. The van der Waals surface area contributed by atoms with Crippen LogP contribution in [0.5, 0.6) is 0 Å². The van der Waals surface area contributed by atoms with Gasteiger partial charge in [-0.2, -0.15) is 5.10 Å². The van der Waals surface area contributed by atoms with Gasteiger partial charge in [0.05, 0.1) is 63.9 Å². The fourth-order valence-electron chi connectivity index (χ4n) is 8.67. The summed E-state index contributed by atoms with van der Waals surface area (Å²) in [6, 6.07) is 9.70. The summed E-state index contributed by atoms with van der Waals surface area (Å²) in [5, 5.41) is 14.8. The lowest BCUT2D eigenvalue weighted by atomic mass is 9.52. The number of hydrogen-bond acceptors (Lipinski definition) is 11. The van der Waals surface area contributed by atoms with Gasteiger partial charge in [-0.25, -0.2) is 8.78 Å². The normalized spacial score (nSPS) is 18.3.